The smallest absolute Gasteiger partial charge is 0.371 e. The van der Waals surface area contributed by atoms with Crippen LogP contribution >= 0.6 is 0 Å². The van der Waals surface area contributed by atoms with Crippen molar-refractivity contribution >= 4 is 5.97 Å². The molecular weight excluding hydrogens is 208 g/mol. The molecule has 2 heterocycles. The fourth-order valence-corrected chi connectivity index (χ4v) is 1.58. The fourth-order valence-electron chi connectivity index (χ4n) is 1.58. The molecule has 0 saturated carbocycles. The third-order valence-electron chi connectivity index (χ3n) is 2.35. The van der Waals surface area contributed by atoms with Gasteiger partial charge in [-0.05, 0) is 24.6 Å². The number of carboxylic acids is 1. The van der Waals surface area contributed by atoms with Crippen molar-refractivity contribution in [3.05, 3.63) is 41.6 Å². The molecular formula is C11H12N2O3. The van der Waals surface area contributed by atoms with Gasteiger partial charge in [-0.15, -0.1) is 0 Å². The monoisotopic (exact) mass is 220 g/mol. The number of nitrogens with zero attached hydrogens (tertiary/aromatic N) is 2. The van der Waals surface area contributed by atoms with Gasteiger partial charge in [-0.2, -0.15) is 5.10 Å². The van der Waals surface area contributed by atoms with Crippen LogP contribution in [-0.4, -0.2) is 20.9 Å². The lowest BCUT2D eigenvalue weighted by Gasteiger charge is -2.01. The van der Waals surface area contributed by atoms with Crippen LogP contribution in [0.2, 0.25) is 0 Å². The van der Waals surface area contributed by atoms with Crippen molar-refractivity contribution in [3.8, 4) is 0 Å². The first-order valence-electron chi connectivity index (χ1n) is 5.02. The Morgan fingerprint density at radius 2 is 2.44 bits per heavy atom. The van der Waals surface area contributed by atoms with Gasteiger partial charge in [0.05, 0.1) is 6.26 Å². The minimum absolute atomic E-state index is 0.0300. The van der Waals surface area contributed by atoms with Crippen LogP contribution in [0.25, 0.3) is 0 Å². The quantitative estimate of drug-likeness (QED) is 0.852. The number of rotatable bonds is 4. The summed E-state index contributed by atoms with van der Waals surface area (Å²) >= 11 is 0. The summed E-state index contributed by atoms with van der Waals surface area (Å²) in [6, 6.07) is 3.45. The van der Waals surface area contributed by atoms with Crippen LogP contribution < -0.4 is 0 Å². The molecule has 0 saturated heterocycles. The molecule has 0 atom stereocenters. The molecule has 0 aliphatic heterocycles. The van der Waals surface area contributed by atoms with Crippen molar-refractivity contribution < 1.29 is 14.3 Å². The Bertz CT molecular complexity index is 499. The zero-order valence-corrected chi connectivity index (χ0v) is 8.88. The van der Waals surface area contributed by atoms with Gasteiger partial charge in [-0.25, -0.2) is 4.79 Å². The van der Waals surface area contributed by atoms with E-state index in [1.165, 1.54) is 12.3 Å². The highest BCUT2D eigenvalue weighted by molar-refractivity contribution is 5.84. The molecule has 0 amide bonds. The predicted octanol–water partition coefficient (Wildman–Crippen LogP) is 1.78. The van der Waals surface area contributed by atoms with E-state index in [4.69, 9.17) is 9.52 Å². The second-order valence-electron chi connectivity index (χ2n) is 3.44. The average Bonchev–Trinajstić information content (AvgIpc) is 2.87. The molecule has 2 aromatic heterocycles. The molecule has 0 aliphatic rings. The number of aromatic carboxylic acids is 1. The number of carbonyl (C=O) groups is 1. The Morgan fingerprint density at radius 3 is 3.06 bits per heavy atom. The molecule has 2 rings (SSSR count). The lowest BCUT2D eigenvalue weighted by molar-refractivity contribution is 0.0662. The standard InChI is InChI=1S/C11H12N2O3/c1-2-13-9(3-4-12-13)5-8-6-10(11(14)15)16-7-8/h3-4,6-7H,2,5H2,1H3,(H,14,15). The van der Waals surface area contributed by atoms with Gasteiger partial charge < -0.3 is 9.52 Å². The average molecular weight is 220 g/mol. The van der Waals surface area contributed by atoms with Crippen molar-refractivity contribution in [1.29, 1.82) is 0 Å². The van der Waals surface area contributed by atoms with Crippen LogP contribution in [0.5, 0.6) is 0 Å². The SMILES string of the molecule is CCn1nccc1Cc1coc(C(=O)O)c1. The topological polar surface area (TPSA) is 68.3 Å². The summed E-state index contributed by atoms with van der Waals surface area (Å²) < 4.78 is 6.79. The van der Waals surface area contributed by atoms with Crippen LogP contribution in [0.3, 0.4) is 0 Å². The molecule has 0 aromatic carbocycles. The highest BCUT2D eigenvalue weighted by Gasteiger charge is 2.10. The maximum absolute atomic E-state index is 10.6. The molecule has 16 heavy (non-hydrogen) atoms. The lowest BCUT2D eigenvalue weighted by atomic mass is 10.2. The van der Waals surface area contributed by atoms with Gasteiger partial charge in [0.2, 0.25) is 5.76 Å². The van der Waals surface area contributed by atoms with Crippen LogP contribution in [0.4, 0.5) is 0 Å². The van der Waals surface area contributed by atoms with E-state index in [0.29, 0.717) is 6.42 Å². The van der Waals surface area contributed by atoms with E-state index in [-0.39, 0.29) is 5.76 Å². The van der Waals surface area contributed by atoms with Crippen LogP contribution in [0.15, 0.2) is 29.0 Å². The van der Waals surface area contributed by atoms with Crippen molar-refractivity contribution in [1.82, 2.24) is 9.78 Å². The molecule has 5 nitrogen and oxygen atoms in total. The highest BCUT2D eigenvalue weighted by Crippen LogP contribution is 2.13. The minimum Gasteiger partial charge on any atom is -0.475 e. The van der Waals surface area contributed by atoms with E-state index in [2.05, 4.69) is 5.10 Å². The summed E-state index contributed by atoms with van der Waals surface area (Å²) in [4.78, 5) is 10.6. The van der Waals surface area contributed by atoms with Crippen molar-refractivity contribution in [2.75, 3.05) is 0 Å². The summed E-state index contributed by atoms with van der Waals surface area (Å²) in [5.74, 6) is -1.08. The number of hydrogen-bond donors (Lipinski definition) is 1. The third kappa shape index (κ3) is 1.98. The summed E-state index contributed by atoms with van der Waals surface area (Å²) in [7, 11) is 0. The van der Waals surface area contributed by atoms with Crippen LogP contribution in [0.1, 0.15) is 28.7 Å². The van der Waals surface area contributed by atoms with E-state index in [0.717, 1.165) is 17.8 Å². The number of aromatic nitrogens is 2. The molecule has 0 fully saturated rings. The number of furan rings is 1. The summed E-state index contributed by atoms with van der Waals surface area (Å²) in [5.41, 5.74) is 1.88. The fraction of sp³-hybridized carbons (Fsp3) is 0.273. The normalized spacial score (nSPS) is 10.6. The predicted molar refractivity (Wildman–Crippen MR) is 56.4 cm³/mol. The van der Waals surface area contributed by atoms with Gasteiger partial charge >= 0.3 is 5.97 Å². The zero-order chi connectivity index (χ0) is 11.5. The first-order valence-corrected chi connectivity index (χ1v) is 5.02. The van der Waals surface area contributed by atoms with E-state index >= 15 is 0 Å². The molecule has 2 aromatic rings. The molecule has 1 N–H and O–H groups in total. The summed E-state index contributed by atoms with van der Waals surface area (Å²) in [5, 5.41) is 12.9. The third-order valence-corrected chi connectivity index (χ3v) is 2.35. The zero-order valence-electron chi connectivity index (χ0n) is 8.88. The highest BCUT2D eigenvalue weighted by atomic mass is 16.4. The van der Waals surface area contributed by atoms with Gasteiger partial charge in [0.25, 0.3) is 0 Å². The van der Waals surface area contributed by atoms with Crippen molar-refractivity contribution in [2.24, 2.45) is 0 Å². The van der Waals surface area contributed by atoms with Gasteiger partial charge in [0.1, 0.15) is 0 Å². The first-order chi connectivity index (χ1) is 7.70. The summed E-state index contributed by atoms with van der Waals surface area (Å²) in [6.07, 6.45) is 3.83. The Morgan fingerprint density at radius 1 is 1.62 bits per heavy atom. The summed E-state index contributed by atoms with van der Waals surface area (Å²) in [6.45, 7) is 2.81. The molecule has 0 unspecified atom stereocenters. The maximum Gasteiger partial charge on any atom is 0.371 e. The van der Waals surface area contributed by atoms with Crippen molar-refractivity contribution in [3.63, 3.8) is 0 Å². The van der Waals surface area contributed by atoms with Crippen molar-refractivity contribution in [2.45, 2.75) is 19.9 Å². The van der Waals surface area contributed by atoms with Gasteiger partial charge in [-0.1, -0.05) is 0 Å². The number of aryl methyl sites for hydroxylation is 1. The second-order valence-corrected chi connectivity index (χ2v) is 3.44. The maximum atomic E-state index is 10.6. The van der Waals surface area contributed by atoms with E-state index in [9.17, 15) is 4.79 Å². The Kier molecular flexibility index (Phi) is 2.76. The Hall–Kier alpha value is -2.04. The largest absolute Gasteiger partial charge is 0.475 e. The molecule has 0 bridgehead atoms. The molecule has 84 valence electrons. The second kappa shape index (κ2) is 4.22. The van der Waals surface area contributed by atoms with Gasteiger partial charge in [0.15, 0.2) is 0 Å². The number of carboxylic acid groups (broad SMARTS) is 1. The van der Waals surface area contributed by atoms with Crippen LogP contribution in [-0.2, 0) is 13.0 Å². The van der Waals surface area contributed by atoms with E-state index in [1.54, 1.807) is 6.20 Å². The Labute approximate surface area is 92.3 Å². The molecule has 5 heteroatoms. The Balaban J connectivity index is 2.17. The molecule has 0 aliphatic carbocycles. The van der Waals surface area contributed by atoms with Gasteiger partial charge in [-0.3, -0.25) is 4.68 Å². The lowest BCUT2D eigenvalue weighted by Crippen LogP contribution is -2.02. The molecule has 0 spiro atoms. The molecule has 0 radical (unpaired) electrons. The first kappa shape index (κ1) is 10.5. The van der Waals surface area contributed by atoms with E-state index in [1.807, 2.05) is 17.7 Å². The van der Waals surface area contributed by atoms with Crippen LogP contribution in [0, 0.1) is 0 Å². The number of hydrogen-bond acceptors (Lipinski definition) is 3. The van der Waals surface area contributed by atoms with Gasteiger partial charge in [0, 0.05) is 24.9 Å². The van der Waals surface area contributed by atoms with E-state index < -0.39 is 5.97 Å². The minimum atomic E-state index is -1.05.